The lowest BCUT2D eigenvalue weighted by Gasteiger charge is -2.44. The van der Waals surface area contributed by atoms with Crippen molar-refractivity contribution in [1.82, 2.24) is 25.5 Å². The van der Waals surface area contributed by atoms with E-state index >= 15 is 0 Å². The fraction of sp³-hybridized carbons (Fsp3) is 0.520. The lowest BCUT2D eigenvalue weighted by atomic mass is 9.77. The van der Waals surface area contributed by atoms with Gasteiger partial charge in [-0.1, -0.05) is 0 Å². The number of pyridine rings is 2. The Balaban J connectivity index is 1.20. The van der Waals surface area contributed by atoms with Crippen LogP contribution in [0.1, 0.15) is 63.0 Å². The molecule has 3 aliphatic rings. The van der Waals surface area contributed by atoms with Crippen LogP contribution in [0.3, 0.4) is 0 Å². The van der Waals surface area contributed by atoms with Crippen LogP contribution in [0.4, 0.5) is 17.5 Å². The van der Waals surface area contributed by atoms with Crippen molar-refractivity contribution in [2.75, 3.05) is 10.6 Å². The molecule has 5 heterocycles. The van der Waals surface area contributed by atoms with Crippen molar-refractivity contribution in [3.8, 4) is 6.07 Å². The highest BCUT2D eigenvalue weighted by Gasteiger charge is 2.35. The van der Waals surface area contributed by atoms with Gasteiger partial charge in [-0.15, -0.1) is 0 Å². The zero-order chi connectivity index (χ0) is 22.2. The first-order valence-electron chi connectivity index (χ1n) is 12.2. The Kier molecular flexibility index (Phi) is 5.35. The van der Waals surface area contributed by atoms with Gasteiger partial charge in [-0.2, -0.15) is 10.4 Å². The van der Waals surface area contributed by atoms with Crippen LogP contribution in [0, 0.1) is 17.2 Å². The number of fused-ring (bicyclic) bond motifs is 3. The molecule has 1 saturated carbocycles. The van der Waals surface area contributed by atoms with Crippen LogP contribution < -0.4 is 16.0 Å². The summed E-state index contributed by atoms with van der Waals surface area (Å²) < 4.78 is 0. The lowest BCUT2D eigenvalue weighted by Crippen LogP contribution is -2.54. The fourth-order valence-electron chi connectivity index (χ4n) is 5.68. The van der Waals surface area contributed by atoms with Crippen molar-refractivity contribution in [3.63, 3.8) is 0 Å². The largest absolute Gasteiger partial charge is 0.367 e. The molecule has 4 N–H and O–H groups in total. The second-order valence-electron chi connectivity index (χ2n) is 9.94. The van der Waals surface area contributed by atoms with E-state index < -0.39 is 0 Å². The topological polar surface area (TPSA) is 114 Å². The number of nitriles is 1. The third kappa shape index (κ3) is 4.51. The van der Waals surface area contributed by atoms with E-state index in [1.54, 1.807) is 0 Å². The van der Waals surface area contributed by atoms with Crippen LogP contribution in [-0.4, -0.2) is 38.3 Å². The maximum atomic E-state index is 8.94. The monoisotopic (exact) mass is 442 g/mol. The highest BCUT2D eigenvalue weighted by Crippen LogP contribution is 2.40. The minimum Gasteiger partial charge on any atom is -0.367 e. The average Bonchev–Trinajstić information content (AvgIpc) is 3.56. The number of anilines is 3. The highest BCUT2D eigenvalue weighted by atomic mass is 15.2. The van der Waals surface area contributed by atoms with Gasteiger partial charge >= 0.3 is 0 Å². The Morgan fingerprint density at radius 1 is 1.09 bits per heavy atom. The number of rotatable bonds is 7. The van der Waals surface area contributed by atoms with Crippen LogP contribution in [-0.2, 0) is 0 Å². The number of nitrogens with one attached hydrogen (secondary N) is 4. The quantitative estimate of drug-likeness (QED) is 0.423. The van der Waals surface area contributed by atoms with Gasteiger partial charge in [0.15, 0.2) is 5.82 Å². The zero-order valence-corrected chi connectivity index (χ0v) is 18.7. The molecule has 2 aliphatic heterocycles. The summed E-state index contributed by atoms with van der Waals surface area (Å²) in [5.74, 6) is 3.74. The Labute approximate surface area is 193 Å². The molecule has 0 spiro atoms. The van der Waals surface area contributed by atoms with Crippen LogP contribution in [0.5, 0.6) is 0 Å². The molecule has 8 nitrogen and oxygen atoms in total. The molecule has 3 aromatic rings. The normalized spacial score (nSPS) is 26.6. The first kappa shape index (κ1) is 20.4. The molecule has 2 saturated heterocycles. The Morgan fingerprint density at radius 3 is 2.73 bits per heavy atom. The van der Waals surface area contributed by atoms with Crippen LogP contribution in [0.15, 0.2) is 30.5 Å². The van der Waals surface area contributed by atoms with Crippen molar-refractivity contribution in [3.05, 3.63) is 36.2 Å². The summed E-state index contributed by atoms with van der Waals surface area (Å²) in [6.07, 6.45) is 10.5. The number of nitrogens with zero attached hydrogens (tertiary/aromatic N) is 4. The standard InChI is InChI=1S/C25H30N8/c26-7-1-3-15-9-17-11-19(12-18(10-15)28-17)29-25-20-4-2-8-27-22(20)14-23(31-25)30-24-13-21(32-33-24)16-5-6-16/h2,4,8,13-19,28H,1,3,5-6,9-12H2,(H3,29,30,31,32,33)/t15?,17-,18+,19?. The van der Waals surface area contributed by atoms with Gasteiger partial charge in [-0.05, 0) is 63.0 Å². The molecule has 33 heavy (non-hydrogen) atoms. The molecule has 2 unspecified atom stereocenters. The molecule has 1 aliphatic carbocycles. The zero-order valence-electron chi connectivity index (χ0n) is 18.7. The predicted octanol–water partition coefficient (Wildman–Crippen LogP) is 4.59. The van der Waals surface area contributed by atoms with Gasteiger partial charge in [0.05, 0.1) is 11.6 Å². The van der Waals surface area contributed by atoms with Crippen molar-refractivity contribution in [2.45, 2.75) is 75.4 Å². The SMILES string of the molecule is N#CCCC1C[C@@H]2CC(Nc3nc(Nc4cc(C5CC5)[nH]n4)cc4ncccc34)C[C@H](C1)N2. The smallest absolute Gasteiger partial charge is 0.153 e. The van der Waals surface area contributed by atoms with Crippen molar-refractivity contribution < 1.29 is 0 Å². The number of hydrogen-bond donors (Lipinski definition) is 4. The molecule has 170 valence electrons. The van der Waals surface area contributed by atoms with E-state index in [-0.39, 0.29) is 0 Å². The number of aromatic nitrogens is 4. The third-order valence-corrected chi connectivity index (χ3v) is 7.32. The van der Waals surface area contributed by atoms with Crippen LogP contribution in [0.25, 0.3) is 10.9 Å². The molecule has 3 fully saturated rings. The van der Waals surface area contributed by atoms with E-state index in [1.165, 1.54) is 18.5 Å². The van der Waals surface area contributed by atoms with Gasteiger partial charge < -0.3 is 16.0 Å². The van der Waals surface area contributed by atoms with E-state index in [0.29, 0.717) is 36.4 Å². The molecular formula is C25H30N8. The Hall–Kier alpha value is -3.18. The summed E-state index contributed by atoms with van der Waals surface area (Å²) in [6.45, 7) is 0. The van der Waals surface area contributed by atoms with Gasteiger partial charge in [0.1, 0.15) is 11.6 Å². The minimum atomic E-state index is 0.371. The molecule has 4 atom stereocenters. The third-order valence-electron chi connectivity index (χ3n) is 7.32. The van der Waals surface area contributed by atoms with E-state index in [4.69, 9.17) is 10.2 Å². The Bertz CT molecular complexity index is 1160. The van der Waals surface area contributed by atoms with Crippen molar-refractivity contribution >= 4 is 28.4 Å². The molecule has 3 aromatic heterocycles. The molecule has 6 rings (SSSR count). The molecule has 2 bridgehead atoms. The highest BCUT2D eigenvalue weighted by molar-refractivity contribution is 5.91. The minimum absolute atomic E-state index is 0.371. The molecular weight excluding hydrogens is 412 g/mol. The predicted molar refractivity (Wildman–Crippen MR) is 128 cm³/mol. The van der Waals surface area contributed by atoms with Gasteiger partial charge in [0.2, 0.25) is 0 Å². The van der Waals surface area contributed by atoms with Gasteiger partial charge in [0.25, 0.3) is 0 Å². The van der Waals surface area contributed by atoms with Crippen LogP contribution >= 0.6 is 0 Å². The fourth-order valence-corrected chi connectivity index (χ4v) is 5.68. The number of hydrogen-bond acceptors (Lipinski definition) is 7. The summed E-state index contributed by atoms with van der Waals surface area (Å²) in [7, 11) is 0. The van der Waals surface area contributed by atoms with E-state index in [2.05, 4.69) is 49.3 Å². The van der Waals surface area contributed by atoms with Crippen molar-refractivity contribution in [2.24, 2.45) is 5.92 Å². The molecule has 0 amide bonds. The molecule has 0 radical (unpaired) electrons. The maximum Gasteiger partial charge on any atom is 0.153 e. The summed E-state index contributed by atoms with van der Waals surface area (Å²) >= 11 is 0. The van der Waals surface area contributed by atoms with Crippen molar-refractivity contribution in [1.29, 1.82) is 5.26 Å². The number of H-pyrrole nitrogens is 1. The number of piperidine rings is 2. The average molecular weight is 443 g/mol. The molecule has 0 aromatic carbocycles. The first-order valence-corrected chi connectivity index (χ1v) is 12.2. The summed E-state index contributed by atoms with van der Waals surface area (Å²) in [5, 5.41) is 28.5. The maximum absolute atomic E-state index is 8.94. The van der Waals surface area contributed by atoms with E-state index in [0.717, 1.165) is 60.5 Å². The Morgan fingerprint density at radius 2 is 1.94 bits per heavy atom. The second kappa shape index (κ2) is 8.64. The molecule has 8 heteroatoms. The van der Waals surface area contributed by atoms with Gasteiger partial charge in [0, 0.05) is 59.9 Å². The number of aromatic amines is 1. The van der Waals surface area contributed by atoms with Gasteiger partial charge in [-0.3, -0.25) is 10.1 Å². The second-order valence-corrected chi connectivity index (χ2v) is 9.94. The summed E-state index contributed by atoms with van der Waals surface area (Å²) in [5.41, 5.74) is 2.12. The van der Waals surface area contributed by atoms with Gasteiger partial charge in [-0.25, -0.2) is 4.98 Å². The summed E-state index contributed by atoms with van der Waals surface area (Å²) in [4.78, 5) is 9.53. The lowest BCUT2D eigenvalue weighted by molar-refractivity contribution is 0.171. The summed E-state index contributed by atoms with van der Waals surface area (Å²) in [6, 6.07) is 11.8. The van der Waals surface area contributed by atoms with Crippen LogP contribution in [0.2, 0.25) is 0 Å². The van der Waals surface area contributed by atoms with E-state index in [1.807, 2.05) is 18.3 Å². The first-order chi connectivity index (χ1) is 16.2. The van der Waals surface area contributed by atoms with E-state index in [9.17, 15) is 0 Å².